The molecule has 1 fully saturated rings. The first-order valence-electron chi connectivity index (χ1n) is 8.59. The fourth-order valence-corrected chi connectivity index (χ4v) is 4.20. The summed E-state index contributed by atoms with van der Waals surface area (Å²) < 4.78 is 0. The normalized spacial score (nSPS) is 17.0. The van der Waals surface area contributed by atoms with Crippen LogP contribution in [0.2, 0.25) is 0 Å². The molecule has 7 heteroatoms. The number of carbonyl (C=O) groups is 3. The summed E-state index contributed by atoms with van der Waals surface area (Å²) in [6.45, 7) is 10.7. The summed E-state index contributed by atoms with van der Waals surface area (Å²) >= 11 is 0.993. The van der Waals surface area contributed by atoms with Crippen molar-refractivity contribution in [3.05, 3.63) is 29.8 Å². The molecule has 0 aliphatic carbocycles. The topological polar surface area (TPSA) is 92.3 Å². The summed E-state index contributed by atoms with van der Waals surface area (Å²) in [5.41, 5.74) is 5.37. The highest BCUT2D eigenvalue weighted by molar-refractivity contribution is 8.13. The molecule has 6 nitrogen and oxygen atoms in total. The van der Waals surface area contributed by atoms with Crippen LogP contribution in [0.1, 0.15) is 51.4 Å². The molecular formula is C19H27N3O3S. The molecule has 26 heavy (non-hydrogen) atoms. The van der Waals surface area contributed by atoms with E-state index < -0.39 is 11.9 Å². The molecule has 0 aromatic heterocycles. The Balaban J connectivity index is 2.07. The number of benzene rings is 1. The molecule has 0 spiro atoms. The predicted molar refractivity (Wildman–Crippen MR) is 103 cm³/mol. The van der Waals surface area contributed by atoms with Crippen LogP contribution >= 0.6 is 11.8 Å². The van der Waals surface area contributed by atoms with Crippen LogP contribution in [0.3, 0.4) is 0 Å². The Morgan fingerprint density at radius 3 is 2.35 bits per heavy atom. The molecular weight excluding hydrogens is 350 g/mol. The van der Waals surface area contributed by atoms with Crippen LogP contribution in [-0.4, -0.2) is 40.1 Å². The number of nitrogens with zero attached hydrogens (tertiary/aromatic N) is 1. The standard InChI is InChI=1S/C19H27N3O3S/c1-18(2,3)11-19(4,5)21-17(25)26-14-9-7-6-8-12(14)16(24)22-10-13(22)15(20)23/h6-9,13H,10-11H2,1-5H3,(H2,20,23)(H,21,25). The van der Waals surface area contributed by atoms with Crippen molar-refractivity contribution in [2.75, 3.05) is 6.54 Å². The molecule has 3 amide bonds. The van der Waals surface area contributed by atoms with Gasteiger partial charge in [-0.3, -0.25) is 14.4 Å². The van der Waals surface area contributed by atoms with Crippen LogP contribution < -0.4 is 11.1 Å². The Kier molecular flexibility index (Phi) is 5.70. The van der Waals surface area contributed by atoms with Crippen molar-refractivity contribution >= 4 is 28.8 Å². The zero-order chi connectivity index (χ0) is 19.7. The number of nitrogens with one attached hydrogen (secondary N) is 1. The van der Waals surface area contributed by atoms with E-state index in [2.05, 4.69) is 26.1 Å². The lowest BCUT2D eigenvalue weighted by molar-refractivity contribution is -0.118. The summed E-state index contributed by atoms with van der Waals surface area (Å²) in [7, 11) is 0. The van der Waals surface area contributed by atoms with Crippen LogP contribution in [0.15, 0.2) is 29.2 Å². The van der Waals surface area contributed by atoms with Gasteiger partial charge in [-0.1, -0.05) is 32.9 Å². The Hall–Kier alpha value is -2.02. The van der Waals surface area contributed by atoms with Gasteiger partial charge >= 0.3 is 0 Å². The van der Waals surface area contributed by atoms with Crippen molar-refractivity contribution in [1.29, 1.82) is 0 Å². The third-order valence-electron chi connectivity index (χ3n) is 3.93. The van der Waals surface area contributed by atoms with E-state index in [1.54, 1.807) is 24.3 Å². The fourth-order valence-electron chi connectivity index (χ4n) is 3.27. The number of nitrogens with two attached hydrogens (primary N) is 1. The zero-order valence-corrected chi connectivity index (χ0v) is 16.8. The van der Waals surface area contributed by atoms with E-state index in [-0.39, 0.29) is 22.1 Å². The molecule has 142 valence electrons. The van der Waals surface area contributed by atoms with Crippen molar-refractivity contribution in [1.82, 2.24) is 10.2 Å². The summed E-state index contributed by atoms with van der Waals surface area (Å²) in [6, 6.07) is 6.37. The van der Waals surface area contributed by atoms with Gasteiger partial charge in [0.05, 0.1) is 12.1 Å². The van der Waals surface area contributed by atoms with Crippen LogP contribution in [0, 0.1) is 5.41 Å². The molecule has 1 unspecified atom stereocenters. The van der Waals surface area contributed by atoms with Crippen molar-refractivity contribution in [3.63, 3.8) is 0 Å². The highest BCUT2D eigenvalue weighted by atomic mass is 32.2. The molecule has 1 aliphatic rings. The first kappa shape index (κ1) is 20.3. The van der Waals surface area contributed by atoms with Crippen molar-refractivity contribution < 1.29 is 14.4 Å². The van der Waals surface area contributed by atoms with Crippen molar-refractivity contribution in [2.45, 2.75) is 57.5 Å². The summed E-state index contributed by atoms with van der Waals surface area (Å²) in [4.78, 5) is 38.2. The number of amides is 3. The number of primary amides is 1. The van der Waals surface area contributed by atoms with Gasteiger partial charge in [0.2, 0.25) is 5.91 Å². The lowest BCUT2D eigenvalue weighted by atomic mass is 9.82. The number of thioether (sulfide) groups is 1. The molecule has 1 saturated heterocycles. The van der Waals surface area contributed by atoms with Crippen LogP contribution in [0.25, 0.3) is 0 Å². The Morgan fingerprint density at radius 2 is 1.81 bits per heavy atom. The van der Waals surface area contributed by atoms with E-state index in [0.29, 0.717) is 17.0 Å². The number of hydrogen-bond donors (Lipinski definition) is 2. The van der Waals surface area contributed by atoms with Gasteiger partial charge in [0, 0.05) is 10.4 Å². The summed E-state index contributed by atoms with van der Waals surface area (Å²) in [6.07, 6.45) is 0.820. The fraction of sp³-hybridized carbons (Fsp3) is 0.526. The first-order chi connectivity index (χ1) is 11.9. The minimum absolute atomic E-state index is 0.0817. The molecule has 1 heterocycles. The second-order valence-corrected chi connectivity index (χ2v) is 9.52. The maximum atomic E-state index is 12.6. The second-order valence-electron chi connectivity index (χ2n) is 8.51. The van der Waals surface area contributed by atoms with Crippen LogP contribution in [-0.2, 0) is 4.79 Å². The Labute approximate surface area is 158 Å². The SMILES string of the molecule is CC(C)(C)CC(C)(C)NC(=O)Sc1ccccc1C(=O)N1CC1C(N)=O. The van der Waals surface area contributed by atoms with E-state index >= 15 is 0 Å². The number of rotatable bonds is 5. The molecule has 2 rings (SSSR count). The predicted octanol–water partition coefficient (Wildman–Crippen LogP) is 3.01. The highest BCUT2D eigenvalue weighted by Crippen LogP contribution is 2.31. The smallest absolute Gasteiger partial charge is 0.284 e. The van der Waals surface area contributed by atoms with Gasteiger partial charge in [-0.05, 0) is 49.6 Å². The Morgan fingerprint density at radius 1 is 1.19 bits per heavy atom. The van der Waals surface area contributed by atoms with Crippen molar-refractivity contribution in [3.8, 4) is 0 Å². The minimum Gasteiger partial charge on any atom is -0.368 e. The van der Waals surface area contributed by atoms with Gasteiger partial charge in [0.1, 0.15) is 6.04 Å². The van der Waals surface area contributed by atoms with Crippen molar-refractivity contribution in [2.24, 2.45) is 11.1 Å². The highest BCUT2D eigenvalue weighted by Gasteiger charge is 2.43. The Bertz CT molecular complexity index is 725. The van der Waals surface area contributed by atoms with Gasteiger partial charge in [0.15, 0.2) is 0 Å². The lowest BCUT2D eigenvalue weighted by Crippen LogP contribution is -2.44. The average molecular weight is 378 g/mol. The van der Waals surface area contributed by atoms with Crippen LogP contribution in [0.4, 0.5) is 4.79 Å². The summed E-state index contributed by atoms with van der Waals surface area (Å²) in [5, 5.41) is 2.81. The quantitative estimate of drug-likeness (QED) is 0.609. The molecule has 3 N–H and O–H groups in total. The van der Waals surface area contributed by atoms with Gasteiger partial charge in [-0.25, -0.2) is 0 Å². The third-order valence-corrected chi connectivity index (χ3v) is 4.80. The molecule has 0 saturated carbocycles. The molecule has 1 aromatic rings. The van der Waals surface area contributed by atoms with Gasteiger partial charge < -0.3 is 16.0 Å². The van der Waals surface area contributed by atoms with E-state index in [0.717, 1.165) is 18.2 Å². The number of carbonyl (C=O) groups excluding carboxylic acids is 3. The van der Waals surface area contributed by atoms with Crippen LogP contribution in [0.5, 0.6) is 0 Å². The van der Waals surface area contributed by atoms with Gasteiger partial charge in [-0.15, -0.1) is 0 Å². The summed E-state index contributed by atoms with van der Waals surface area (Å²) in [5.74, 6) is -0.788. The number of hydrogen-bond acceptors (Lipinski definition) is 4. The third kappa shape index (κ3) is 5.49. The molecule has 1 aromatic carbocycles. The average Bonchev–Trinajstić information content (AvgIpc) is 3.24. The van der Waals surface area contributed by atoms with Gasteiger partial charge in [-0.2, -0.15) is 0 Å². The molecule has 1 atom stereocenters. The molecule has 1 aliphatic heterocycles. The van der Waals surface area contributed by atoms with E-state index in [4.69, 9.17) is 5.73 Å². The maximum absolute atomic E-state index is 12.6. The molecule has 0 radical (unpaired) electrons. The van der Waals surface area contributed by atoms with E-state index in [1.807, 2.05) is 13.8 Å². The monoisotopic (exact) mass is 377 g/mol. The largest absolute Gasteiger partial charge is 0.368 e. The molecule has 0 bridgehead atoms. The maximum Gasteiger partial charge on any atom is 0.284 e. The second kappa shape index (κ2) is 7.31. The lowest BCUT2D eigenvalue weighted by Gasteiger charge is -2.33. The first-order valence-corrected chi connectivity index (χ1v) is 9.41. The zero-order valence-electron chi connectivity index (χ0n) is 16.0. The van der Waals surface area contributed by atoms with E-state index in [9.17, 15) is 14.4 Å². The van der Waals surface area contributed by atoms with Gasteiger partial charge in [0.25, 0.3) is 11.1 Å². The minimum atomic E-state index is -0.542. The van der Waals surface area contributed by atoms with E-state index in [1.165, 1.54) is 4.90 Å².